The van der Waals surface area contributed by atoms with Crippen LogP contribution in [0.4, 0.5) is 0 Å². The monoisotopic (exact) mass is 1150 g/mol. The first-order chi connectivity index (χ1) is 44.4. The molecule has 2 heteroatoms. The summed E-state index contributed by atoms with van der Waals surface area (Å²) in [6.07, 6.45) is 0. The molecule has 18 rings (SSSR count). The quantitative estimate of drug-likeness (QED) is 0.152. The van der Waals surface area contributed by atoms with Crippen molar-refractivity contribution >= 4 is 43.9 Å². The zero-order chi connectivity index (χ0) is 59.9. The van der Waals surface area contributed by atoms with Gasteiger partial charge in [0.15, 0.2) is 0 Å². The van der Waals surface area contributed by atoms with E-state index in [1.54, 1.807) is 0 Å². The molecule has 0 aliphatic heterocycles. The summed E-state index contributed by atoms with van der Waals surface area (Å²) in [5.74, 6) is 0. The molecule has 0 atom stereocenters. The van der Waals surface area contributed by atoms with E-state index in [0.717, 1.165) is 43.9 Å². The van der Waals surface area contributed by atoms with E-state index >= 15 is 0 Å². The SMILES string of the molecule is CC1(C)c2ccc(-c3ccc4oc5ccccc5c4c3)cc2-c2c1cc(-c1ccccc1)c(-c1ccccc1)c2-c1ccccc1.c1ccc(-c2ccc3c(c2)-c2cc(-c4ccc5oc6ccccc6c5c4)ccc2C3(c2ccccc2)c2ccccc2)cc1. The normalized spacial score (nSPS) is 13.2. The van der Waals surface area contributed by atoms with Crippen LogP contribution in [-0.2, 0) is 10.8 Å². The van der Waals surface area contributed by atoms with Gasteiger partial charge < -0.3 is 8.83 Å². The molecule has 0 amide bonds. The van der Waals surface area contributed by atoms with Gasteiger partial charge >= 0.3 is 0 Å². The van der Waals surface area contributed by atoms with Crippen molar-refractivity contribution in [2.45, 2.75) is 24.7 Å². The van der Waals surface area contributed by atoms with Crippen molar-refractivity contribution in [1.29, 1.82) is 0 Å². The van der Waals surface area contributed by atoms with E-state index in [1.165, 1.54) is 122 Å². The van der Waals surface area contributed by atoms with Crippen LogP contribution in [0.15, 0.2) is 336 Å². The first-order valence-corrected chi connectivity index (χ1v) is 31.2. The molecule has 0 bridgehead atoms. The molecule has 0 fully saturated rings. The lowest BCUT2D eigenvalue weighted by atomic mass is 9.67. The molecule has 0 N–H and O–H groups in total. The lowest BCUT2D eigenvalue weighted by molar-refractivity contribution is 0.661. The van der Waals surface area contributed by atoms with Gasteiger partial charge in [-0.05, 0) is 183 Å². The molecule has 0 unspecified atom stereocenters. The van der Waals surface area contributed by atoms with Gasteiger partial charge in [-0.2, -0.15) is 0 Å². The lowest BCUT2D eigenvalue weighted by Gasteiger charge is -2.34. The molecule has 2 aliphatic carbocycles. The Bertz CT molecular complexity index is 5370. The van der Waals surface area contributed by atoms with Gasteiger partial charge in [0.25, 0.3) is 0 Å². The summed E-state index contributed by atoms with van der Waals surface area (Å²) >= 11 is 0. The summed E-state index contributed by atoms with van der Waals surface area (Å²) in [6.45, 7) is 4.76. The Morgan fingerprint density at radius 2 is 0.567 bits per heavy atom. The van der Waals surface area contributed by atoms with Gasteiger partial charge in [0.1, 0.15) is 22.3 Å². The topological polar surface area (TPSA) is 26.3 Å². The molecule has 2 nitrogen and oxygen atoms in total. The van der Waals surface area contributed by atoms with E-state index in [0.29, 0.717) is 0 Å². The maximum Gasteiger partial charge on any atom is 0.135 e. The van der Waals surface area contributed by atoms with E-state index in [-0.39, 0.29) is 5.41 Å². The van der Waals surface area contributed by atoms with Crippen LogP contribution < -0.4 is 0 Å². The Hall–Kier alpha value is -11.3. The van der Waals surface area contributed by atoms with E-state index in [1.807, 2.05) is 24.3 Å². The van der Waals surface area contributed by atoms with Gasteiger partial charge in [-0.25, -0.2) is 0 Å². The summed E-state index contributed by atoms with van der Waals surface area (Å²) in [7, 11) is 0. The van der Waals surface area contributed by atoms with E-state index in [9.17, 15) is 0 Å². The Labute approximate surface area is 524 Å². The molecular weight excluding hydrogens is 1090 g/mol. The van der Waals surface area contributed by atoms with E-state index in [2.05, 4.69) is 317 Å². The Morgan fingerprint density at radius 1 is 0.211 bits per heavy atom. The molecule has 2 aliphatic rings. The zero-order valence-electron chi connectivity index (χ0n) is 50.0. The maximum absolute atomic E-state index is 6.16. The second-order valence-electron chi connectivity index (χ2n) is 24.6. The van der Waals surface area contributed by atoms with Crippen molar-refractivity contribution < 1.29 is 8.83 Å². The standard InChI is InChI=1S/C45H32O.C43H28O/c1-45(2)38-24-22-32(33-23-25-41-36(26-33)34-20-12-13-21-40(34)46-41)27-37(38)44-39(45)28-35(29-14-6-3-7-15-29)42(30-16-8-4-9-17-30)43(44)31-18-10-5-11-19-31;1-4-12-29(13-5-1)30-20-23-39-36(26-30)37-27-31(32-22-25-42-38(28-32)35-18-10-11-19-41(35)44-42)21-24-40(37)43(39,33-14-6-2-7-15-33)34-16-8-3-9-17-34/h3-28H,1-2H3;1-28H. The van der Waals surface area contributed by atoms with Crippen LogP contribution in [-0.4, -0.2) is 0 Å². The van der Waals surface area contributed by atoms with Crippen molar-refractivity contribution in [2.24, 2.45) is 0 Å². The first-order valence-electron chi connectivity index (χ1n) is 31.2. The number of hydrogen-bond donors (Lipinski definition) is 0. The number of hydrogen-bond acceptors (Lipinski definition) is 2. The van der Waals surface area contributed by atoms with Gasteiger partial charge in [0.05, 0.1) is 5.41 Å². The highest BCUT2D eigenvalue weighted by Crippen LogP contribution is 2.59. The van der Waals surface area contributed by atoms with Gasteiger partial charge in [-0.1, -0.05) is 281 Å². The fourth-order valence-corrected chi connectivity index (χ4v) is 15.0. The van der Waals surface area contributed by atoms with Gasteiger partial charge in [-0.3, -0.25) is 0 Å². The molecule has 0 spiro atoms. The third kappa shape index (κ3) is 8.47. The minimum absolute atomic E-state index is 0.170. The zero-order valence-corrected chi connectivity index (χ0v) is 50.0. The number of rotatable bonds is 8. The highest BCUT2D eigenvalue weighted by molar-refractivity contribution is 6.09. The van der Waals surface area contributed by atoms with Crippen LogP contribution in [0.1, 0.15) is 47.2 Å². The van der Waals surface area contributed by atoms with Gasteiger partial charge in [-0.15, -0.1) is 0 Å². The fraction of sp³-hybridized carbons (Fsp3) is 0.0455. The summed E-state index contributed by atoms with van der Waals surface area (Å²) in [6, 6.07) is 119. The average molecular weight is 1150 g/mol. The first kappa shape index (κ1) is 53.0. The molecule has 14 aromatic carbocycles. The van der Waals surface area contributed by atoms with Gasteiger partial charge in [0, 0.05) is 27.0 Å². The van der Waals surface area contributed by atoms with Crippen molar-refractivity contribution in [3.8, 4) is 89.0 Å². The van der Waals surface area contributed by atoms with Crippen LogP contribution in [0.5, 0.6) is 0 Å². The number of benzene rings is 14. The Balaban J connectivity index is 0.000000139. The Morgan fingerprint density at radius 3 is 1.06 bits per heavy atom. The van der Waals surface area contributed by atoms with Gasteiger partial charge in [0.2, 0.25) is 0 Å². The van der Waals surface area contributed by atoms with Crippen LogP contribution >= 0.6 is 0 Å². The van der Waals surface area contributed by atoms with Crippen molar-refractivity contribution in [3.05, 3.63) is 361 Å². The predicted octanol–water partition coefficient (Wildman–Crippen LogP) is 23.8. The van der Waals surface area contributed by atoms with Crippen molar-refractivity contribution in [2.75, 3.05) is 0 Å². The second-order valence-corrected chi connectivity index (χ2v) is 24.6. The number of fused-ring (bicyclic) bond motifs is 12. The highest BCUT2D eigenvalue weighted by Gasteiger charge is 2.46. The highest BCUT2D eigenvalue weighted by atomic mass is 16.3. The molecule has 16 aromatic rings. The molecular formula is C88H60O2. The summed E-state index contributed by atoms with van der Waals surface area (Å²) in [4.78, 5) is 0. The number of furan rings is 2. The average Bonchev–Trinajstić information content (AvgIpc) is 2.93. The third-order valence-corrected chi connectivity index (χ3v) is 19.3. The van der Waals surface area contributed by atoms with Crippen molar-refractivity contribution in [3.63, 3.8) is 0 Å². The van der Waals surface area contributed by atoms with Crippen molar-refractivity contribution in [1.82, 2.24) is 0 Å². The molecule has 2 aromatic heterocycles. The van der Waals surface area contributed by atoms with E-state index < -0.39 is 5.41 Å². The van der Waals surface area contributed by atoms with Crippen LogP contribution in [0.3, 0.4) is 0 Å². The predicted molar refractivity (Wildman–Crippen MR) is 375 cm³/mol. The van der Waals surface area contributed by atoms with E-state index in [4.69, 9.17) is 8.83 Å². The number of para-hydroxylation sites is 2. The maximum atomic E-state index is 6.16. The second kappa shape index (κ2) is 21.2. The fourth-order valence-electron chi connectivity index (χ4n) is 15.0. The third-order valence-electron chi connectivity index (χ3n) is 19.3. The minimum Gasteiger partial charge on any atom is -0.456 e. The molecule has 2 heterocycles. The summed E-state index contributed by atoms with van der Waals surface area (Å²) in [5.41, 5.74) is 31.0. The molecule has 90 heavy (non-hydrogen) atoms. The van der Waals surface area contributed by atoms with Crippen LogP contribution in [0, 0.1) is 0 Å². The van der Waals surface area contributed by atoms with Crippen LogP contribution in [0.25, 0.3) is 133 Å². The lowest BCUT2D eigenvalue weighted by Crippen LogP contribution is -2.28. The van der Waals surface area contributed by atoms with Crippen LogP contribution in [0.2, 0.25) is 0 Å². The summed E-state index contributed by atoms with van der Waals surface area (Å²) in [5, 5.41) is 4.60. The largest absolute Gasteiger partial charge is 0.456 e. The Kier molecular flexibility index (Phi) is 12.5. The molecule has 0 saturated heterocycles. The molecule has 0 saturated carbocycles. The molecule has 0 radical (unpaired) electrons. The minimum atomic E-state index is -0.425. The smallest absolute Gasteiger partial charge is 0.135 e. The molecule has 424 valence electrons. The summed E-state index contributed by atoms with van der Waals surface area (Å²) < 4.78 is 12.3.